The molecule has 1 rings (SSSR count). The molecule has 3 heteroatoms. The minimum atomic E-state index is 0.511. The van der Waals surface area contributed by atoms with E-state index in [1.165, 1.54) is 32.1 Å². The van der Waals surface area contributed by atoms with Crippen LogP contribution in [-0.2, 0) is 0 Å². The van der Waals surface area contributed by atoms with Crippen molar-refractivity contribution in [3.63, 3.8) is 0 Å². The van der Waals surface area contributed by atoms with Crippen molar-refractivity contribution in [2.24, 2.45) is 0 Å². The summed E-state index contributed by atoms with van der Waals surface area (Å²) in [6.07, 6.45) is 8.32. The van der Waals surface area contributed by atoms with Gasteiger partial charge in [0.2, 0.25) is 0 Å². The molecule has 1 aromatic rings. The van der Waals surface area contributed by atoms with Gasteiger partial charge in [-0.25, -0.2) is 4.98 Å². The smallest absolute Gasteiger partial charge is 0.129 e. The molecule has 0 aliphatic heterocycles. The van der Waals surface area contributed by atoms with Crippen LogP contribution in [0.2, 0.25) is 0 Å². The lowest BCUT2D eigenvalue weighted by Gasteiger charge is -2.15. The lowest BCUT2D eigenvalue weighted by molar-refractivity contribution is 0.593. The molecule has 1 unspecified atom stereocenters. The predicted molar refractivity (Wildman–Crippen MR) is 73.8 cm³/mol. The van der Waals surface area contributed by atoms with Crippen molar-refractivity contribution >= 4 is 21.6 Å². The molecular formula is C13H21BrN2. The molecule has 0 spiro atoms. The molecule has 0 amide bonds. The average molecular weight is 285 g/mol. The summed E-state index contributed by atoms with van der Waals surface area (Å²) >= 11 is 3.44. The van der Waals surface area contributed by atoms with Gasteiger partial charge >= 0.3 is 0 Å². The maximum Gasteiger partial charge on any atom is 0.129 e. The molecule has 0 aliphatic rings. The summed E-state index contributed by atoms with van der Waals surface area (Å²) in [5, 5.41) is 3.48. The molecule has 0 saturated heterocycles. The number of unbranched alkanes of at least 4 members (excludes halogenated alkanes) is 3. The molecule has 1 aromatic heterocycles. The highest BCUT2D eigenvalue weighted by Crippen LogP contribution is 2.20. The van der Waals surface area contributed by atoms with Gasteiger partial charge in [0.25, 0.3) is 0 Å². The quantitative estimate of drug-likeness (QED) is 0.584. The van der Waals surface area contributed by atoms with Crippen molar-refractivity contribution in [3.05, 3.63) is 22.9 Å². The minimum absolute atomic E-state index is 0.511. The number of hydrogen-bond acceptors (Lipinski definition) is 2. The molecule has 2 nitrogen and oxygen atoms in total. The first kappa shape index (κ1) is 13.5. The van der Waals surface area contributed by atoms with Gasteiger partial charge in [0.05, 0.1) is 5.69 Å². The summed E-state index contributed by atoms with van der Waals surface area (Å²) in [4.78, 5) is 4.20. The predicted octanol–water partition coefficient (Wildman–Crippen LogP) is 4.61. The average Bonchev–Trinajstić information content (AvgIpc) is 2.28. The molecule has 1 atom stereocenters. The SMILES string of the molecule is CCCCCCC(C)Nc1cccnc1Br. The zero-order valence-electron chi connectivity index (χ0n) is 10.2. The third kappa shape index (κ3) is 4.97. The van der Waals surface area contributed by atoms with E-state index < -0.39 is 0 Å². The van der Waals surface area contributed by atoms with Crippen LogP contribution >= 0.6 is 15.9 Å². The number of rotatable bonds is 7. The van der Waals surface area contributed by atoms with Gasteiger partial charge in [-0.2, -0.15) is 0 Å². The number of halogens is 1. The van der Waals surface area contributed by atoms with Crippen LogP contribution in [-0.4, -0.2) is 11.0 Å². The van der Waals surface area contributed by atoms with Crippen molar-refractivity contribution in [1.29, 1.82) is 0 Å². The summed E-state index contributed by atoms with van der Waals surface area (Å²) in [5.41, 5.74) is 1.09. The number of anilines is 1. The van der Waals surface area contributed by atoms with Crippen molar-refractivity contribution in [1.82, 2.24) is 4.98 Å². The van der Waals surface area contributed by atoms with E-state index in [0.717, 1.165) is 10.3 Å². The van der Waals surface area contributed by atoms with Gasteiger partial charge in [0, 0.05) is 12.2 Å². The summed E-state index contributed by atoms with van der Waals surface area (Å²) in [5.74, 6) is 0. The van der Waals surface area contributed by atoms with Crippen LogP contribution in [0.1, 0.15) is 46.0 Å². The largest absolute Gasteiger partial charge is 0.380 e. The highest BCUT2D eigenvalue weighted by Gasteiger charge is 2.04. The summed E-state index contributed by atoms with van der Waals surface area (Å²) in [7, 11) is 0. The first-order valence-electron chi connectivity index (χ1n) is 6.11. The number of nitrogens with zero attached hydrogens (tertiary/aromatic N) is 1. The Balaban J connectivity index is 2.28. The molecule has 1 heterocycles. The Hall–Kier alpha value is -0.570. The van der Waals surface area contributed by atoms with Crippen LogP contribution in [0.15, 0.2) is 22.9 Å². The summed E-state index contributed by atoms with van der Waals surface area (Å²) < 4.78 is 0.899. The lowest BCUT2D eigenvalue weighted by atomic mass is 10.1. The highest BCUT2D eigenvalue weighted by molar-refractivity contribution is 9.10. The topological polar surface area (TPSA) is 24.9 Å². The fourth-order valence-electron chi connectivity index (χ4n) is 1.71. The van der Waals surface area contributed by atoms with E-state index in [0.29, 0.717) is 6.04 Å². The first-order valence-corrected chi connectivity index (χ1v) is 6.90. The first-order chi connectivity index (χ1) is 7.74. The summed E-state index contributed by atoms with van der Waals surface area (Å²) in [6, 6.07) is 4.52. The normalized spacial score (nSPS) is 12.4. The second-order valence-electron chi connectivity index (χ2n) is 4.24. The Morgan fingerprint density at radius 2 is 2.19 bits per heavy atom. The number of hydrogen-bond donors (Lipinski definition) is 1. The molecule has 90 valence electrons. The van der Waals surface area contributed by atoms with Crippen LogP contribution in [0, 0.1) is 0 Å². The van der Waals surface area contributed by atoms with Gasteiger partial charge in [-0.15, -0.1) is 0 Å². The van der Waals surface area contributed by atoms with E-state index >= 15 is 0 Å². The van der Waals surface area contributed by atoms with Gasteiger partial charge in [-0.1, -0.05) is 32.6 Å². The Bertz CT molecular complexity index is 302. The Labute approximate surface area is 107 Å². The molecule has 0 aromatic carbocycles. The molecule has 16 heavy (non-hydrogen) atoms. The molecular weight excluding hydrogens is 264 g/mol. The van der Waals surface area contributed by atoms with Crippen molar-refractivity contribution in [2.75, 3.05) is 5.32 Å². The maximum absolute atomic E-state index is 4.20. The van der Waals surface area contributed by atoms with Crippen LogP contribution in [0.3, 0.4) is 0 Å². The van der Waals surface area contributed by atoms with Crippen molar-refractivity contribution in [3.8, 4) is 0 Å². The van der Waals surface area contributed by atoms with E-state index in [1.807, 2.05) is 6.07 Å². The van der Waals surface area contributed by atoms with Gasteiger partial charge in [0.15, 0.2) is 0 Å². The molecule has 0 saturated carbocycles. The van der Waals surface area contributed by atoms with E-state index in [4.69, 9.17) is 0 Å². The standard InChI is InChI=1S/C13H21BrN2/c1-3-4-5-6-8-11(2)16-12-9-7-10-15-13(12)14/h7,9-11,16H,3-6,8H2,1-2H3. The Morgan fingerprint density at radius 3 is 2.88 bits per heavy atom. The highest BCUT2D eigenvalue weighted by atomic mass is 79.9. The fraction of sp³-hybridized carbons (Fsp3) is 0.615. The van der Waals surface area contributed by atoms with Crippen molar-refractivity contribution < 1.29 is 0 Å². The second kappa shape index (κ2) is 7.66. The van der Waals surface area contributed by atoms with E-state index in [-0.39, 0.29) is 0 Å². The van der Waals surface area contributed by atoms with Crippen LogP contribution in [0.4, 0.5) is 5.69 Å². The zero-order valence-corrected chi connectivity index (χ0v) is 11.8. The van der Waals surface area contributed by atoms with E-state index in [9.17, 15) is 0 Å². The molecule has 0 fully saturated rings. The zero-order chi connectivity index (χ0) is 11.8. The number of nitrogens with one attached hydrogen (secondary N) is 1. The molecule has 0 aliphatic carbocycles. The third-order valence-electron chi connectivity index (χ3n) is 2.65. The van der Waals surface area contributed by atoms with Crippen molar-refractivity contribution in [2.45, 2.75) is 52.0 Å². The van der Waals surface area contributed by atoms with Crippen LogP contribution in [0.5, 0.6) is 0 Å². The van der Waals surface area contributed by atoms with Gasteiger partial charge in [0.1, 0.15) is 4.60 Å². The van der Waals surface area contributed by atoms with Gasteiger partial charge in [-0.05, 0) is 41.4 Å². The monoisotopic (exact) mass is 284 g/mol. The lowest BCUT2D eigenvalue weighted by Crippen LogP contribution is -2.15. The molecule has 0 radical (unpaired) electrons. The van der Waals surface area contributed by atoms with Gasteiger partial charge in [-0.3, -0.25) is 0 Å². The van der Waals surface area contributed by atoms with Crippen LogP contribution < -0.4 is 5.32 Å². The molecule has 1 N–H and O–H groups in total. The van der Waals surface area contributed by atoms with Crippen LogP contribution in [0.25, 0.3) is 0 Å². The third-order valence-corrected chi connectivity index (χ3v) is 3.28. The Morgan fingerprint density at radius 1 is 1.38 bits per heavy atom. The maximum atomic E-state index is 4.20. The number of pyridine rings is 1. The van der Waals surface area contributed by atoms with E-state index in [1.54, 1.807) is 6.20 Å². The molecule has 0 bridgehead atoms. The fourth-order valence-corrected chi connectivity index (χ4v) is 2.07. The number of aromatic nitrogens is 1. The second-order valence-corrected chi connectivity index (χ2v) is 4.99. The minimum Gasteiger partial charge on any atom is -0.380 e. The Kier molecular flexibility index (Phi) is 6.46. The summed E-state index contributed by atoms with van der Waals surface area (Å²) in [6.45, 7) is 4.47. The van der Waals surface area contributed by atoms with E-state index in [2.05, 4.69) is 46.1 Å². The van der Waals surface area contributed by atoms with Gasteiger partial charge < -0.3 is 5.32 Å².